The summed E-state index contributed by atoms with van der Waals surface area (Å²) in [6.45, 7) is 11.5. The third-order valence-corrected chi connectivity index (χ3v) is 9.54. The number of anilines is 4. The van der Waals surface area contributed by atoms with Crippen LogP contribution in [0.2, 0.25) is 0 Å². The van der Waals surface area contributed by atoms with Gasteiger partial charge in [0.1, 0.15) is 0 Å². The normalized spacial score (nSPS) is 12.3. The van der Waals surface area contributed by atoms with Crippen molar-refractivity contribution < 1.29 is 38.8 Å². The van der Waals surface area contributed by atoms with Gasteiger partial charge in [-0.25, -0.2) is 10.5 Å². The molecule has 4 aromatic carbocycles. The fourth-order valence-electron chi connectivity index (χ4n) is 5.78. The van der Waals surface area contributed by atoms with Crippen LogP contribution in [-0.2, 0) is 18.7 Å². The highest BCUT2D eigenvalue weighted by atomic mass is 32.2. The highest BCUT2D eigenvalue weighted by Crippen LogP contribution is 2.43. The maximum Gasteiger partial charge on any atom is 0.196 e. The van der Waals surface area contributed by atoms with Gasteiger partial charge in [0, 0.05) is 32.3 Å². The highest BCUT2D eigenvalue weighted by molar-refractivity contribution is 7.94. The molecule has 0 atom stereocenters. The van der Waals surface area contributed by atoms with E-state index < -0.39 is 0 Å². The lowest BCUT2D eigenvalue weighted by Crippen LogP contribution is -2.23. The molecule has 0 saturated heterocycles. The molecule has 5 rings (SSSR count). The Balaban J connectivity index is 1.68. The molecule has 1 aliphatic carbocycles. The van der Waals surface area contributed by atoms with Crippen LogP contribution in [0.15, 0.2) is 58.3 Å². The van der Waals surface area contributed by atoms with Crippen LogP contribution in [-0.4, -0.2) is 22.1 Å². The van der Waals surface area contributed by atoms with Crippen LogP contribution >= 0.6 is 24.1 Å². The first-order valence-electron chi connectivity index (χ1n) is 13.5. The van der Waals surface area contributed by atoms with Gasteiger partial charge >= 0.3 is 0 Å². The van der Waals surface area contributed by atoms with E-state index in [-0.39, 0.29) is 22.7 Å². The molecular weight excluding hydrogens is 604 g/mol. The Bertz CT molecular complexity index is 1680. The molecule has 228 valence electrons. The zero-order valence-electron chi connectivity index (χ0n) is 24.8. The van der Waals surface area contributed by atoms with E-state index in [9.17, 15) is 9.59 Å². The number of rotatable bonds is 10. The van der Waals surface area contributed by atoms with Crippen LogP contribution < -0.4 is 10.6 Å². The zero-order chi connectivity index (χ0) is 31.7. The molecule has 12 heteroatoms. The summed E-state index contributed by atoms with van der Waals surface area (Å²) in [5, 5.41) is 31.9. The van der Waals surface area contributed by atoms with Gasteiger partial charge in [0.25, 0.3) is 0 Å². The molecule has 0 bridgehead atoms. The number of carbonyl (C=O) groups is 2. The summed E-state index contributed by atoms with van der Waals surface area (Å²) >= 11 is 1.73. The van der Waals surface area contributed by atoms with Crippen LogP contribution in [0.25, 0.3) is 0 Å². The Kier molecular flexibility index (Phi) is 9.44. The second-order valence-corrected chi connectivity index (χ2v) is 11.9. The molecule has 0 fully saturated rings. The van der Waals surface area contributed by atoms with Gasteiger partial charge in [-0.05, 0) is 87.1 Å². The average Bonchev–Trinajstić information content (AvgIpc) is 3.00. The molecule has 0 saturated carbocycles. The number of benzene rings is 4. The van der Waals surface area contributed by atoms with E-state index in [0.717, 1.165) is 78.6 Å². The van der Waals surface area contributed by atoms with Gasteiger partial charge in [0.2, 0.25) is 0 Å². The third kappa shape index (κ3) is 5.74. The molecule has 0 aromatic heterocycles. The molecule has 4 N–H and O–H groups in total. The van der Waals surface area contributed by atoms with Crippen LogP contribution in [0.4, 0.5) is 22.7 Å². The van der Waals surface area contributed by atoms with Crippen molar-refractivity contribution in [3.8, 4) is 0 Å². The Morgan fingerprint density at radius 1 is 0.591 bits per heavy atom. The van der Waals surface area contributed by atoms with Gasteiger partial charge in [0.05, 0.1) is 46.6 Å². The van der Waals surface area contributed by atoms with Crippen molar-refractivity contribution in [1.29, 1.82) is 0 Å². The summed E-state index contributed by atoms with van der Waals surface area (Å²) in [6, 6.07) is 14.2. The van der Waals surface area contributed by atoms with Crippen molar-refractivity contribution in [2.75, 3.05) is 10.6 Å². The van der Waals surface area contributed by atoms with E-state index in [1.165, 1.54) is 0 Å². The molecule has 4 aromatic rings. The third-order valence-electron chi connectivity index (χ3n) is 7.69. The minimum Gasteiger partial charge on any atom is -0.354 e. The molecular formula is C32H30N2O8S2. The maximum atomic E-state index is 14.1. The first-order chi connectivity index (χ1) is 21.1. The SMILES string of the molecule is Cc1cc(C)c(SOOO)c(C)c1Nc1ccc(Nc2c(C)cc(C)c(SOOO)c2C)c2c1C(=O)c1ccccc1C2=O. The number of hydrogen-bond donors (Lipinski definition) is 4. The van der Waals surface area contributed by atoms with Crippen molar-refractivity contribution in [1.82, 2.24) is 0 Å². The van der Waals surface area contributed by atoms with Gasteiger partial charge in [-0.2, -0.15) is 0 Å². The Morgan fingerprint density at radius 2 is 0.977 bits per heavy atom. The molecule has 0 aliphatic heterocycles. The topological polar surface area (TPSA) is 136 Å². The predicted molar refractivity (Wildman–Crippen MR) is 169 cm³/mol. The van der Waals surface area contributed by atoms with Crippen molar-refractivity contribution in [3.63, 3.8) is 0 Å². The first-order valence-corrected chi connectivity index (χ1v) is 15.0. The summed E-state index contributed by atoms with van der Waals surface area (Å²) in [6.07, 6.45) is 0. The molecule has 10 nitrogen and oxygen atoms in total. The van der Waals surface area contributed by atoms with E-state index in [2.05, 4.69) is 20.7 Å². The summed E-state index contributed by atoms with van der Waals surface area (Å²) in [5.74, 6) is -0.560. The number of aryl methyl sites for hydroxylation is 4. The number of ketones is 2. The Hall–Kier alpha value is -3.72. The summed E-state index contributed by atoms with van der Waals surface area (Å²) < 4.78 is 9.45. The average molecular weight is 635 g/mol. The smallest absolute Gasteiger partial charge is 0.196 e. The van der Waals surface area contributed by atoms with E-state index in [1.54, 1.807) is 36.4 Å². The molecule has 0 heterocycles. The Labute approximate surface area is 262 Å². The second kappa shape index (κ2) is 13.1. The van der Waals surface area contributed by atoms with Gasteiger partial charge < -0.3 is 10.6 Å². The molecule has 0 spiro atoms. The van der Waals surface area contributed by atoms with E-state index in [0.29, 0.717) is 22.5 Å². The monoisotopic (exact) mass is 634 g/mol. The maximum absolute atomic E-state index is 14.1. The quantitative estimate of drug-likeness (QED) is 0.0665. The fourth-order valence-corrected chi connectivity index (χ4v) is 6.81. The summed E-state index contributed by atoms with van der Waals surface area (Å²) in [7, 11) is 0. The first kappa shape index (κ1) is 31.7. The second-order valence-electron chi connectivity index (χ2n) is 10.5. The number of nitrogens with one attached hydrogen (secondary N) is 2. The minimum atomic E-state index is -0.280. The van der Waals surface area contributed by atoms with Crippen molar-refractivity contribution in [2.24, 2.45) is 0 Å². The Morgan fingerprint density at radius 3 is 1.34 bits per heavy atom. The fraction of sp³-hybridized carbons (Fsp3) is 0.188. The number of fused-ring (bicyclic) bond motifs is 2. The van der Waals surface area contributed by atoms with Crippen LogP contribution in [0.3, 0.4) is 0 Å². The number of hydrogen-bond acceptors (Lipinski definition) is 12. The van der Waals surface area contributed by atoms with E-state index in [4.69, 9.17) is 19.2 Å². The van der Waals surface area contributed by atoms with E-state index >= 15 is 0 Å². The van der Waals surface area contributed by atoms with E-state index in [1.807, 2.05) is 53.7 Å². The zero-order valence-corrected chi connectivity index (χ0v) is 26.4. The number of carbonyl (C=O) groups excluding carboxylic acids is 2. The van der Waals surface area contributed by atoms with Crippen molar-refractivity contribution in [2.45, 2.75) is 51.3 Å². The lowest BCUT2D eigenvalue weighted by atomic mass is 9.82. The van der Waals surface area contributed by atoms with Gasteiger partial charge in [-0.3, -0.25) is 9.59 Å². The van der Waals surface area contributed by atoms with Gasteiger partial charge in [-0.15, -0.1) is 8.67 Å². The lowest BCUT2D eigenvalue weighted by Gasteiger charge is -2.26. The largest absolute Gasteiger partial charge is 0.354 e. The molecule has 44 heavy (non-hydrogen) atoms. The van der Waals surface area contributed by atoms with Gasteiger partial charge in [0.15, 0.2) is 11.6 Å². The lowest BCUT2D eigenvalue weighted by molar-refractivity contribution is -0.432. The van der Waals surface area contributed by atoms with Crippen molar-refractivity contribution >= 4 is 58.4 Å². The summed E-state index contributed by atoms with van der Waals surface area (Å²) in [5.41, 5.74) is 8.77. The van der Waals surface area contributed by atoms with Crippen LogP contribution in [0, 0.1) is 41.5 Å². The predicted octanol–water partition coefficient (Wildman–Crippen LogP) is 8.66. The molecule has 0 amide bonds. The molecule has 1 aliphatic rings. The summed E-state index contributed by atoms with van der Waals surface area (Å²) in [4.78, 5) is 29.7. The van der Waals surface area contributed by atoms with Gasteiger partial charge in [-0.1, -0.05) is 46.5 Å². The standard InChI is InChI=1S/C32H30N2O8S2/c1-15-13-17(3)31(43-41-39-37)19(5)27(15)33-23-11-12-24(26-25(23)29(35)21-9-7-8-10-22(21)30(26)36)34-28-16(2)14-18(4)32(20(28)6)44-42-40-38/h7-14,33-34,37-38H,1-6H3. The molecule has 0 radical (unpaired) electrons. The van der Waals surface area contributed by atoms with Crippen molar-refractivity contribution in [3.05, 3.63) is 104 Å². The minimum absolute atomic E-state index is 0.247. The van der Waals surface area contributed by atoms with Crippen LogP contribution in [0.1, 0.15) is 65.2 Å². The molecule has 0 unspecified atom stereocenters. The van der Waals surface area contributed by atoms with Crippen LogP contribution in [0.5, 0.6) is 0 Å². The highest BCUT2D eigenvalue weighted by Gasteiger charge is 2.34.